The van der Waals surface area contributed by atoms with Crippen molar-refractivity contribution in [1.82, 2.24) is 0 Å². The van der Waals surface area contributed by atoms with Crippen LogP contribution in [-0.2, 0) is 14.3 Å². The number of hydrogen-bond acceptors (Lipinski definition) is 4. The molecular weight excluding hydrogens is 701 g/mol. The van der Waals surface area contributed by atoms with Gasteiger partial charge in [-0.25, -0.2) is 0 Å². The minimum Gasteiger partial charge on any atom is -0.457 e. The molecule has 1 atom stereocenters. The predicted molar refractivity (Wildman–Crippen MR) is 251 cm³/mol. The second-order valence-electron chi connectivity index (χ2n) is 18.0. The lowest BCUT2D eigenvalue weighted by atomic mass is 10.0. The Hall–Kier alpha value is -0.870. The molecule has 0 amide bonds. The molecule has 0 saturated carbocycles. The lowest BCUT2D eigenvalue weighted by molar-refractivity contribution is -0.154. The van der Waals surface area contributed by atoms with Crippen molar-refractivity contribution in [2.24, 2.45) is 0 Å². The first kappa shape index (κ1) is 56.1. The van der Waals surface area contributed by atoms with Crippen LogP contribution >= 0.6 is 0 Å². The van der Waals surface area contributed by atoms with Crippen molar-refractivity contribution in [2.75, 3.05) is 19.8 Å². The molecule has 0 spiro atoms. The monoisotopic (exact) mass is 805 g/mol. The summed E-state index contributed by atoms with van der Waals surface area (Å²) >= 11 is 0. The fourth-order valence-electron chi connectivity index (χ4n) is 8.15. The first-order valence-electron chi connectivity index (χ1n) is 26.3. The van der Waals surface area contributed by atoms with Crippen LogP contribution in [0.3, 0.4) is 0 Å². The molecular formula is C53H104O4. The molecule has 4 heteroatoms. The van der Waals surface area contributed by atoms with E-state index in [1.165, 1.54) is 257 Å². The summed E-state index contributed by atoms with van der Waals surface area (Å²) in [5, 5.41) is 9.65. The van der Waals surface area contributed by atoms with Crippen LogP contribution < -0.4 is 0 Å². The maximum atomic E-state index is 12.3. The van der Waals surface area contributed by atoms with Gasteiger partial charge in [-0.1, -0.05) is 264 Å². The quantitative estimate of drug-likeness (QED) is 0.0378. The first-order valence-corrected chi connectivity index (χ1v) is 26.3. The standard InChI is InChI=1S/C53H104O4/c1-3-5-7-9-11-13-15-17-19-21-23-24-25-26-27-28-29-31-33-35-37-39-41-43-45-47-49-56-51-52(50-54)57-53(55)48-46-44-42-40-38-36-34-32-30-22-20-18-16-14-12-10-8-6-4-2/h18,20,52,54H,3-17,19,21-51H2,1-2H3/b20-18-. The molecule has 0 aromatic rings. The smallest absolute Gasteiger partial charge is 0.306 e. The molecule has 0 bridgehead atoms. The summed E-state index contributed by atoms with van der Waals surface area (Å²) in [5.74, 6) is -0.195. The fraction of sp³-hybridized carbons (Fsp3) is 0.943. The van der Waals surface area contributed by atoms with Crippen molar-refractivity contribution in [1.29, 1.82) is 0 Å². The zero-order valence-corrected chi connectivity index (χ0v) is 39.1. The Morgan fingerprint density at radius 2 is 0.684 bits per heavy atom. The van der Waals surface area contributed by atoms with E-state index in [9.17, 15) is 9.90 Å². The third-order valence-corrected chi connectivity index (χ3v) is 12.1. The number of carbonyl (C=O) groups is 1. The van der Waals surface area contributed by atoms with E-state index in [0.29, 0.717) is 19.6 Å². The van der Waals surface area contributed by atoms with Crippen LogP contribution in [0, 0.1) is 0 Å². The summed E-state index contributed by atoms with van der Waals surface area (Å²) in [7, 11) is 0. The van der Waals surface area contributed by atoms with Gasteiger partial charge >= 0.3 is 5.97 Å². The third kappa shape index (κ3) is 49.4. The molecule has 0 fully saturated rings. The summed E-state index contributed by atoms with van der Waals surface area (Å²) < 4.78 is 11.2. The van der Waals surface area contributed by atoms with Gasteiger partial charge in [-0.2, -0.15) is 0 Å². The number of allylic oxidation sites excluding steroid dienone is 2. The SMILES string of the molecule is CCCCCCCC/C=C\CCCCCCCCCCCC(=O)OC(CO)COCCCCCCCCCCCCCCCCCCCCCCCCCCCC. The second kappa shape index (κ2) is 51.3. The van der Waals surface area contributed by atoms with E-state index in [0.717, 1.165) is 19.3 Å². The average Bonchev–Trinajstić information content (AvgIpc) is 3.22. The van der Waals surface area contributed by atoms with Crippen molar-refractivity contribution in [2.45, 2.75) is 302 Å². The Bertz CT molecular complexity index is 766. The fourth-order valence-corrected chi connectivity index (χ4v) is 8.15. The number of aliphatic hydroxyl groups excluding tert-OH is 1. The largest absolute Gasteiger partial charge is 0.457 e. The zero-order chi connectivity index (χ0) is 41.2. The molecule has 0 aromatic heterocycles. The van der Waals surface area contributed by atoms with E-state index in [-0.39, 0.29) is 12.6 Å². The Morgan fingerprint density at radius 1 is 0.404 bits per heavy atom. The lowest BCUT2D eigenvalue weighted by Gasteiger charge is -2.16. The average molecular weight is 805 g/mol. The summed E-state index contributed by atoms with van der Waals surface area (Å²) in [5.41, 5.74) is 0. The number of carbonyl (C=O) groups excluding carboxylic acids is 1. The van der Waals surface area contributed by atoms with Crippen LogP contribution in [0.25, 0.3) is 0 Å². The highest BCUT2D eigenvalue weighted by Crippen LogP contribution is 2.17. The molecule has 340 valence electrons. The van der Waals surface area contributed by atoms with Gasteiger partial charge in [0.1, 0.15) is 6.10 Å². The van der Waals surface area contributed by atoms with Crippen molar-refractivity contribution in [3.8, 4) is 0 Å². The molecule has 0 radical (unpaired) electrons. The highest BCUT2D eigenvalue weighted by atomic mass is 16.6. The number of hydrogen-bond donors (Lipinski definition) is 1. The maximum Gasteiger partial charge on any atom is 0.306 e. The minimum atomic E-state index is -0.530. The highest BCUT2D eigenvalue weighted by Gasteiger charge is 2.13. The predicted octanol–water partition coefficient (Wildman–Crippen LogP) is 17.7. The third-order valence-electron chi connectivity index (χ3n) is 12.1. The molecule has 57 heavy (non-hydrogen) atoms. The summed E-state index contributed by atoms with van der Waals surface area (Å²) in [6.07, 6.45) is 63.2. The van der Waals surface area contributed by atoms with Gasteiger partial charge in [0, 0.05) is 13.0 Å². The normalized spacial score (nSPS) is 12.3. The Morgan fingerprint density at radius 3 is 1.00 bits per heavy atom. The summed E-state index contributed by atoms with van der Waals surface area (Å²) in [4.78, 5) is 12.3. The van der Waals surface area contributed by atoms with Gasteiger partial charge in [-0.3, -0.25) is 4.79 Å². The minimum absolute atomic E-state index is 0.166. The Kier molecular flexibility index (Phi) is 50.5. The van der Waals surface area contributed by atoms with E-state index in [1.807, 2.05) is 0 Å². The lowest BCUT2D eigenvalue weighted by Crippen LogP contribution is -2.27. The molecule has 0 aliphatic rings. The first-order chi connectivity index (χ1) is 28.2. The van der Waals surface area contributed by atoms with Gasteiger partial charge in [-0.15, -0.1) is 0 Å². The Balaban J connectivity index is 3.33. The van der Waals surface area contributed by atoms with E-state index in [2.05, 4.69) is 26.0 Å². The van der Waals surface area contributed by atoms with Crippen molar-refractivity contribution >= 4 is 5.97 Å². The molecule has 0 heterocycles. The van der Waals surface area contributed by atoms with Gasteiger partial charge in [0.2, 0.25) is 0 Å². The van der Waals surface area contributed by atoms with E-state index in [4.69, 9.17) is 9.47 Å². The molecule has 0 aromatic carbocycles. The van der Waals surface area contributed by atoms with Crippen LogP contribution in [0.4, 0.5) is 0 Å². The van der Waals surface area contributed by atoms with Crippen LogP contribution in [-0.4, -0.2) is 37.0 Å². The molecule has 0 aliphatic carbocycles. The highest BCUT2D eigenvalue weighted by molar-refractivity contribution is 5.69. The van der Waals surface area contributed by atoms with Gasteiger partial charge in [0.15, 0.2) is 0 Å². The maximum absolute atomic E-state index is 12.3. The molecule has 1 N–H and O–H groups in total. The van der Waals surface area contributed by atoms with Crippen molar-refractivity contribution in [3.63, 3.8) is 0 Å². The molecule has 1 unspecified atom stereocenters. The Labute approximate surface area is 358 Å². The van der Waals surface area contributed by atoms with Gasteiger partial charge in [0.25, 0.3) is 0 Å². The van der Waals surface area contributed by atoms with Crippen LogP contribution in [0.5, 0.6) is 0 Å². The summed E-state index contributed by atoms with van der Waals surface area (Å²) in [6, 6.07) is 0. The number of aliphatic hydroxyl groups is 1. The number of rotatable bonds is 50. The molecule has 0 rings (SSSR count). The van der Waals surface area contributed by atoms with E-state index < -0.39 is 6.10 Å². The number of esters is 1. The van der Waals surface area contributed by atoms with Gasteiger partial charge < -0.3 is 14.6 Å². The van der Waals surface area contributed by atoms with Gasteiger partial charge in [-0.05, 0) is 38.5 Å². The zero-order valence-electron chi connectivity index (χ0n) is 39.1. The van der Waals surface area contributed by atoms with Crippen molar-refractivity contribution < 1.29 is 19.4 Å². The van der Waals surface area contributed by atoms with E-state index in [1.54, 1.807) is 0 Å². The van der Waals surface area contributed by atoms with Gasteiger partial charge in [0.05, 0.1) is 13.2 Å². The summed E-state index contributed by atoms with van der Waals surface area (Å²) in [6.45, 7) is 5.40. The van der Waals surface area contributed by atoms with Crippen LogP contribution in [0.1, 0.15) is 296 Å². The molecule has 4 nitrogen and oxygen atoms in total. The topological polar surface area (TPSA) is 55.8 Å². The number of unbranched alkanes of at least 4 members (excludes halogenated alkanes) is 40. The van der Waals surface area contributed by atoms with Crippen LogP contribution in [0.15, 0.2) is 12.2 Å². The number of ether oxygens (including phenoxy) is 2. The second-order valence-corrected chi connectivity index (χ2v) is 18.0. The molecule has 0 aliphatic heterocycles. The van der Waals surface area contributed by atoms with Crippen molar-refractivity contribution in [3.05, 3.63) is 12.2 Å². The van der Waals surface area contributed by atoms with E-state index >= 15 is 0 Å². The van der Waals surface area contributed by atoms with Crippen LogP contribution in [0.2, 0.25) is 0 Å². The molecule has 0 saturated heterocycles.